The lowest BCUT2D eigenvalue weighted by molar-refractivity contribution is -0.112. The summed E-state index contributed by atoms with van der Waals surface area (Å²) in [6, 6.07) is 13.2. The number of aromatic amines is 1. The summed E-state index contributed by atoms with van der Waals surface area (Å²) in [5, 5.41) is 0.989. The van der Waals surface area contributed by atoms with E-state index < -0.39 is 11.7 Å². The lowest BCUT2D eigenvalue weighted by Crippen LogP contribution is -2.38. The number of aromatic nitrogens is 1. The zero-order valence-electron chi connectivity index (χ0n) is 15.7. The Kier molecular flexibility index (Phi) is 4.38. The maximum Gasteiger partial charge on any atom is 0.422 e. The molecule has 0 bridgehead atoms. The summed E-state index contributed by atoms with van der Waals surface area (Å²) in [6.07, 6.45) is 3.00. The van der Waals surface area contributed by atoms with Crippen LogP contribution in [0.2, 0.25) is 0 Å². The van der Waals surface area contributed by atoms with E-state index in [2.05, 4.69) is 20.9 Å². The Labute approximate surface area is 171 Å². The molecule has 142 valence electrons. The van der Waals surface area contributed by atoms with Crippen LogP contribution < -0.4 is 4.90 Å². The third-order valence-electron chi connectivity index (χ3n) is 4.42. The molecule has 2 heterocycles. The van der Waals surface area contributed by atoms with Crippen molar-refractivity contribution in [3.63, 3.8) is 0 Å². The van der Waals surface area contributed by atoms with Gasteiger partial charge in [-0.25, -0.2) is 9.69 Å². The van der Waals surface area contributed by atoms with Crippen LogP contribution in [-0.2, 0) is 9.53 Å². The topological polar surface area (TPSA) is 62.4 Å². The van der Waals surface area contributed by atoms with E-state index in [0.29, 0.717) is 16.8 Å². The van der Waals surface area contributed by atoms with Gasteiger partial charge in [-0.2, -0.15) is 0 Å². The highest BCUT2D eigenvalue weighted by Crippen LogP contribution is 2.39. The number of benzene rings is 2. The highest BCUT2D eigenvalue weighted by molar-refractivity contribution is 9.10. The van der Waals surface area contributed by atoms with Crippen LogP contribution in [0.5, 0.6) is 0 Å². The molecule has 3 aromatic rings. The van der Waals surface area contributed by atoms with Crippen LogP contribution in [0.15, 0.2) is 53.1 Å². The molecular formula is C22H19BrN2O3. The van der Waals surface area contributed by atoms with Crippen molar-refractivity contribution < 1.29 is 14.3 Å². The van der Waals surface area contributed by atoms with Crippen LogP contribution in [0.25, 0.3) is 22.6 Å². The number of carbonyl (C=O) groups excluding carboxylic acids is 2. The fourth-order valence-corrected chi connectivity index (χ4v) is 3.62. The number of hydrogen-bond donors (Lipinski definition) is 1. The van der Waals surface area contributed by atoms with Gasteiger partial charge in [-0.05, 0) is 51.1 Å². The molecule has 5 nitrogen and oxygen atoms in total. The molecule has 1 aliphatic rings. The number of fused-ring (bicyclic) bond motifs is 2. The Morgan fingerprint density at radius 1 is 1.18 bits per heavy atom. The smallest absolute Gasteiger partial charge is 0.422 e. The monoisotopic (exact) mass is 438 g/mol. The van der Waals surface area contributed by atoms with Crippen LogP contribution in [-0.4, -0.2) is 22.6 Å². The molecule has 1 N–H and O–H groups in total. The highest BCUT2D eigenvalue weighted by atomic mass is 79.9. The number of anilines is 1. The van der Waals surface area contributed by atoms with Crippen LogP contribution in [0.1, 0.15) is 31.9 Å². The van der Waals surface area contributed by atoms with E-state index in [9.17, 15) is 9.59 Å². The number of amides is 2. The summed E-state index contributed by atoms with van der Waals surface area (Å²) in [6.45, 7) is 5.33. The molecule has 2 amide bonds. The number of hydrogen-bond acceptors (Lipinski definition) is 3. The quantitative estimate of drug-likeness (QED) is 0.491. The molecule has 1 aromatic heterocycles. The van der Waals surface area contributed by atoms with E-state index in [0.717, 1.165) is 25.8 Å². The molecule has 0 saturated heterocycles. The number of halogens is 1. The molecule has 0 aliphatic carbocycles. The molecule has 6 heteroatoms. The van der Waals surface area contributed by atoms with Crippen LogP contribution in [0, 0.1) is 0 Å². The zero-order valence-corrected chi connectivity index (χ0v) is 17.3. The van der Waals surface area contributed by atoms with Gasteiger partial charge >= 0.3 is 6.09 Å². The van der Waals surface area contributed by atoms with Gasteiger partial charge in [-0.15, -0.1) is 0 Å². The highest BCUT2D eigenvalue weighted by Gasteiger charge is 2.38. The Hall–Kier alpha value is -2.86. The summed E-state index contributed by atoms with van der Waals surface area (Å²) >= 11 is 3.49. The van der Waals surface area contributed by atoms with Crippen molar-refractivity contribution in [3.05, 3.63) is 64.3 Å². The van der Waals surface area contributed by atoms with Gasteiger partial charge in [0, 0.05) is 32.7 Å². The van der Waals surface area contributed by atoms with Crippen molar-refractivity contribution in [2.24, 2.45) is 0 Å². The molecule has 2 aromatic carbocycles. The van der Waals surface area contributed by atoms with Gasteiger partial charge in [0.1, 0.15) is 5.60 Å². The fourth-order valence-electron chi connectivity index (χ4n) is 3.26. The van der Waals surface area contributed by atoms with E-state index in [-0.39, 0.29) is 5.91 Å². The maximum atomic E-state index is 13.2. The van der Waals surface area contributed by atoms with Crippen molar-refractivity contribution in [1.82, 2.24) is 4.98 Å². The summed E-state index contributed by atoms with van der Waals surface area (Å²) in [4.78, 5) is 30.2. The van der Waals surface area contributed by atoms with Crippen molar-refractivity contribution in [3.8, 4) is 0 Å². The molecule has 4 rings (SSSR count). The predicted octanol–water partition coefficient (Wildman–Crippen LogP) is 5.75. The fraction of sp³-hybridized carbons (Fsp3) is 0.182. The average Bonchev–Trinajstić information content (AvgIpc) is 3.13. The van der Waals surface area contributed by atoms with Gasteiger partial charge in [-0.3, -0.25) is 4.79 Å². The Morgan fingerprint density at radius 3 is 2.68 bits per heavy atom. The number of rotatable bonds is 1. The first-order chi connectivity index (χ1) is 13.2. The first-order valence-corrected chi connectivity index (χ1v) is 9.69. The second kappa shape index (κ2) is 6.63. The molecule has 0 radical (unpaired) electrons. The Balaban J connectivity index is 1.82. The molecule has 0 atom stereocenters. The second-order valence-corrected chi connectivity index (χ2v) is 8.55. The SMILES string of the molecule is CC(C)(C)OC(=O)N1C(=O)C(=Cc2c[nH]c3ccc(Br)cc23)c2ccccc21. The normalized spacial score (nSPS) is 15.4. The van der Waals surface area contributed by atoms with Crippen molar-refractivity contribution in [1.29, 1.82) is 0 Å². The summed E-state index contributed by atoms with van der Waals surface area (Å²) in [7, 11) is 0. The zero-order chi connectivity index (χ0) is 20.1. The van der Waals surface area contributed by atoms with E-state index in [4.69, 9.17) is 4.74 Å². The van der Waals surface area contributed by atoms with Gasteiger partial charge in [0.2, 0.25) is 0 Å². The van der Waals surface area contributed by atoms with E-state index in [1.54, 1.807) is 32.9 Å². The lowest BCUT2D eigenvalue weighted by atomic mass is 10.0. The average molecular weight is 439 g/mol. The van der Waals surface area contributed by atoms with E-state index in [1.807, 2.05) is 42.6 Å². The number of nitrogens with zero attached hydrogens (tertiary/aromatic N) is 1. The third kappa shape index (κ3) is 3.24. The van der Waals surface area contributed by atoms with E-state index >= 15 is 0 Å². The first kappa shape index (κ1) is 18.5. The minimum Gasteiger partial charge on any atom is -0.443 e. The summed E-state index contributed by atoms with van der Waals surface area (Å²) in [5.74, 6) is -0.389. The molecule has 0 saturated carbocycles. The second-order valence-electron chi connectivity index (χ2n) is 7.63. The Morgan fingerprint density at radius 2 is 1.93 bits per heavy atom. The predicted molar refractivity (Wildman–Crippen MR) is 114 cm³/mol. The molecular weight excluding hydrogens is 420 g/mol. The maximum absolute atomic E-state index is 13.2. The van der Waals surface area contributed by atoms with Crippen LogP contribution >= 0.6 is 15.9 Å². The standard InChI is InChI=1S/C22H19BrN2O3/c1-22(2,3)28-21(27)25-19-7-5-4-6-15(19)17(20(25)26)10-13-12-24-18-9-8-14(23)11-16(13)18/h4-12,24H,1-3H3. The van der Waals surface area contributed by atoms with Crippen molar-refractivity contribution in [2.45, 2.75) is 26.4 Å². The lowest BCUT2D eigenvalue weighted by Gasteiger charge is -2.23. The van der Waals surface area contributed by atoms with Gasteiger partial charge in [0.15, 0.2) is 0 Å². The first-order valence-electron chi connectivity index (χ1n) is 8.90. The number of carbonyl (C=O) groups is 2. The largest absolute Gasteiger partial charge is 0.443 e. The van der Waals surface area contributed by atoms with Crippen molar-refractivity contribution >= 4 is 56.2 Å². The van der Waals surface area contributed by atoms with Gasteiger partial charge in [-0.1, -0.05) is 34.1 Å². The molecule has 1 aliphatic heterocycles. The van der Waals surface area contributed by atoms with Crippen LogP contribution in [0.3, 0.4) is 0 Å². The molecule has 0 fully saturated rings. The summed E-state index contributed by atoms with van der Waals surface area (Å²) in [5.41, 5.74) is 2.86. The van der Waals surface area contributed by atoms with Gasteiger partial charge in [0.25, 0.3) is 5.91 Å². The number of nitrogens with one attached hydrogen (secondary N) is 1. The van der Waals surface area contributed by atoms with Crippen LogP contribution in [0.4, 0.5) is 10.5 Å². The minimum absolute atomic E-state index is 0.389. The number of H-pyrrole nitrogens is 1. The Bertz CT molecular complexity index is 1140. The third-order valence-corrected chi connectivity index (χ3v) is 4.91. The number of para-hydroxylation sites is 1. The van der Waals surface area contributed by atoms with Gasteiger partial charge in [0.05, 0.1) is 11.3 Å². The number of imide groups is 1. The minimum atomic E-state index is -0.693. The van der Waals surface area contributed by atoms with Crippen molar-refractivity contribution in [2.75, 3.05) is 4.90 Å². The van der Waals surface area contributed by atoms with Gasteiger partial charge < -0.3 is 9.72 Å². The van der Waals surface area contributed by atoms with E-state index in [1.165, 1.54) is 0 Å². The molecule has 28 heavy (non-hydrogen) atoms. The summed E-state index contributed by atoms with van der Waals surface area (Å²) < 4.78 is 6.40. The molecule has 0 unspecified atom stereocenters. The molecule has 0 spiro atoms. The number of ether oxygens (including phenoxy) is 1.